The summed E-state index contributed by atoms with van der Waals surface area (Å²) in [6.45, 7) is 3.17. The second kappa shape index (κ2) is 14.7. The molecule has 2 saturated heterocycles. The Morgan fingerprint density at radius 2 is 1.49 bits per heavy atom. The molecule has 272 valence electrons. The fourth-order valence-electron chi connectivity index (χ4n) is 8.02. The molecule has 2 aliphatic heterocycles. The predicted molar refractivity (Wildman–Crippen MR) is 206 cm³/mol. The Bertz CT molecular complexity index is 2360. The third-order valence-electron chi connectivity index (χ3n) is 11.0. The van der Waals surface area contributed by atoms with Crippen molar-refractivity contribution in [2.45, 2.75) is 70.4 Å². The molecule has 0 radical (unpaired) electrons. The van der Waals surface area contributed by atoms with Gasteiger partial charge in [-0.2, -0.15) is 0 Å². The smallest absolute Gasteiger partial charge is 0.338 e. The molecule has 0 N–H and O–H groups in total. The molecule has 0 spiro atoms. The fourth-order valence-corrected chi connectivity index (χ4v) is 8.02. The Balaban J connectivity index is 1.22. The van der Waals surface area contributed by atoms with Crippen LogP contribution in [0.5, 0.6) is 11.5 Å². The number of rotatable bonds is 9. The van der Waals surface area contributed by atoms with Crippen LogP contribution >= 0.6 is 0 Å². The molecule has 2 heterocycles. The molecule has 0 amide bonds. The standard InChI is InChI=1S/C45H44O8/c1-45(20-6-7-21-50-44(45)47)53-27-40-32-12-5-4-10-28(32)23-38-36(40)19-18-34(43(38)49-3)29-16-17-33-30(22-29)24-37-35(13-9-14-41(37)48-2)39(33)26-51-31-11-8-15-42(46)52-25-31/h4-5,9-10,12-14,16-19,22-24,31H,6-8,11,15,20-21,25-27H2,1-3H3. The van der Waals surface area contributed by atoms with Crippen LogP contribution in [-0.2, 0) is 41.8 Å². The van der Waals surface area contributed by atoms with Crippen molar-refractivity contribution in [2.75, 3.05) is 27.4 Å². The first kappa shape index (κ1) is 34.9. The molecule has 8 heteroatoms. The number of fused-ring (bicyclic) bond motifs is 4. The minimum atomic E-state index is -1.01. The van der Waals surface area contributed by atoms with Crippen molar-refractivity contribution in [1.82, 2.24) is 0 Å². The monoisotopic (exact) mass is 712 g/mol. The van der Waals surface area contributed by atoms with Crippen molar-refractivity contribution in [1.29, 1.82) is 0 Å². The molecule has 8 nitrogen and oxygen atoms in total. The van der Waals surface area contributed by atoms with Crippen molar-refractivity contribution >= 4 is 55.0 Å². The van der Waals surface area contributed by atoms with Crippen LogP contribution in [0.15, 0.2) is 84.9 Å². The number of cyclic esters (lactones) is 2. The number of hydrogen-bond donors (Lipinski definition) is 0. The summed E-state index contributed by atoms with van der Waals surface area (Å²) in [5, 5.41) is 8.30. The van der Waals surface area contributed by atoms with Crippen molar-refractivity contribution in [2.24, 2.45) is 0 Å². The molecule has 53 heavy (non-hydrogen) atoms. The molecule has 0 bridgehead atoms. The van der Waals surface area contributed by atoms with E-state index >= 15 is 0 Å². The summed E-state index contributed by atoms with van der Waals surface area (Å²) >= 11 is 0. The van der Waals surface area contributed by atoms with Gasteiger partial charge in [0.1, 0.15) is 18.1 Å². The molecule has 0 aliphatic carbocycles. The Kier molecular flexibility index (Phi) is 9.66. The summed E-state index contributed by atoms with van der Waals surface area (Å²) in [5.74, 6) is 1.08. The molecule has 8 rings (SSSR count). The van der Waals surface area contributed by atoms with Gasteiger partial charge in [0.2, 0.25) is 0 Å². The topological polar surface area (TPSA) is 89.5 Å². The lowest BCUT2D eigenvalue weighted by Gasteiger charge is -2.26. The number of carbonyl (C=O) groups excluding carboxylic acids is 2. The highest BCUT2D eigenvalue weighted by Crippen LogP contribution is 2.43. The van der Waals surface area contributed by atoms with Gasteiger partial charge in [-0.25, -0.2) is 4.79 Å². The van der Waals surface area contributed by atoms with Gasteiger partial charge < -0.3 is 28.4 Å². The second-order valence-electron chi connectivity index (χ2n) is 14.3. The maximum atomic E-state index is 12.9. The molecular formula is C45H44O8. The minimum absolute atomic E-state index is 0.159. The SMILES string of the molecule is COc1cccc2c(COC3CCCC(=O)OC3)c3ccc(-c4ccc5c(COC6(C)CCCCOC6=O)c6ccccc6cc5c4OC)cc3cc12. The van der Waals surface area contributed by atoms with Crippen molar-refractivity contribution in [3.63, 3.8) is 0 Å². The van der Waals surface area contributed by atoms with E-state index in [2.05, 4.69) is 60.7 Å². The van der Waals surface area contributed by atoms with Crippen LogP contribution in [0.2, 0.25) is 0 Å². The molecule has 6 aromatic rings. The predicted octanol–water partition coefficient (Wildman–Crippen LogP) is 9.60. The third-order valence-corrected chi connectivity index (χ3v) is 11.0. The van der Waals surface area contributed by atoms with E-state index < -0.39 is 5.60 Å². The zero-order chi connectivity index (χ0) is 36.5. The zero-order valence-corrected chi connectivity index (χ0v) is 30.5. The van der Waals surface area contributed by atoms with Crippen LogP contribution in [0, 0.1) is 0 Å². The molecular weight excluding hydrogens is 668 g/mol. The summed E-state index contributed by atoms with van der Waals surface area (Å²) in [5.41, 5.74) is 3.03. The number of benzene rings is 6. The van der Waals surface area contributed by atoms with Crippen molar-refractivity contribution < 1.29 is 38.0 Å². The van der Waals surface area contributed by atoms with Crippen molar-refractivity contribution in [3.8, 4) is 22.6 Å². The summed E-state index contributed by atoms with van der Waals surface area (Å²) in [7, 11) is 3.41. The lowest BCUT2D eigenvalue weighted by molar-refractivity contribution is -0.170. The Labute approximate surface area is 308 Å². The Morgan fingerprint density at radius 1 is 0.717 bits per heavy atom. The quantitative estimate of drug-likeness (QED) is 0.108. The molecule has 2 atom stereocenters. The fraction of sp³-hybridized carbons (Fsp3) is 0.333. The van der Waals surface area contributed by atoms with Gasteiger partial charge in [-0.15, -0.1) is 0 Å². The van der Waals surface area contributed by atoms with Crippen molar-refractivity contribution in [3.05, 3.63) is 96.1 Å². The van der Waals surface area contributed by atoms with Gasteiger partial charge in [0.05, 0.1) is 40.1 Å². The van der Waals surface area contributed by atoms with Gasteiger partial charge in [0.15, 0.2) is 5.60 Å². The normalized spacial score (nSPS) is 19.6. The number of methoxy groups -OCH3 is 2. The molecule has 0 saturated carbocycles. The minimum Gasteiger partial charge on any atom is -0.496 e. The lowest BCUT2D eigenvalue weighted by Crippen LogP contribution is -2.38. The van der Waals surface area contributed by atoms with E-state index in [1.54, 1.807) is 14.2 Å². The largest absolute Gasteiger partial charge is 0.496 e. The Morgan fingerprint density at radius 3 is 2.36 bits per heavy atom. The average Bonchev–Trinajstić information content (AvgIpc) is 3.50. The molecule has 2 aliphatic rings. The van der Waals surface area contributed by atoms with E-state index in [0.29, 0.717) is 26.1 Å². The van der Waals surface area contributed by atoms with Gasteiger partial charge in [-0.3, -0.25) is 4.79 Å². The van der Waals surface area contributed by atoms with Crippen LogP contribution < -0.4 is 9.47 Å². The first-order valence-electron chi connectivity index (χ1n) is 18.5. The van der Waals surface area contributed by atoms with Crippen LogP contribution in [0.4, 0.5) is 0 Å². The number of esters is 2. The number of hydrogen-bond acceptors (Lipinski definition) is 8. The highest BCUT2D eigenvalue weighted by molar-refractivity contribution is 6.09. The van der Waals surface area contributed by atoms with E-state index in [0.717, 1.165) is 103 Å². The van der Waals surface area contributed by atoms with Gasteiger partial charge in [0.25, 0.3) is 0 Å². The van der Waals surface area contributed by atoms with E-state index in [1.165, 1.54) is 0 Å². The average molecular weight is 713 g/mol. The van der Waals surface area contributed by atoms with Gasteiger partial charge in [-0.1, -0.05) is 60.7 Å². The van der Waals surface area contributed by atoms with Gasteiger partial charge in [0, 0.05) is 22.8 Å². The first-order valence-corrected chi connectivity index (χ1v) is 18.5. The second-order valence-corrected chi connectivity index (χ2v) is 14.3. The third kappa shape index (κ3) is 6.66. The summed E-state index contributed by atoms with van der Waals surface area (Å²) < 4.78 is 35.9. The summed E-state index contributed by atoms with van der Waals surface area (Å²) in [4.78, 5) is 24.8. The van der Waals surface area contributed by atoms with Crippen LogP contribution in [-0.4, -0.2) is 51.1 Å². The van der Waals surface area contributed by atoms with E-state index in [-0.39, 0.29) is 31.3 Å². The van der Waals surface area contributed by atoms with Crippen LogP contribution in [0.25, 0.3) is 54.2 Å². The highest BCUT2D eigenvalue weighted by atomic mass is 16.6. The summed E-state index contributed by atoms with van der Waals surface area (Å²) in [6, 6.07) is 29.5. The van der Waals surface area contributed by atoms with E-state index in [1.807, 2.05) is 31.2 Å². The van der Waals surface area contributed by atoms with Crippen LogP contribution in [0.3, 0.4) is 0 Å². The van der Waals surface area contributed by atoms with Gasteiger partial charge >= 0.3 is 11.9 Å². The van der Waals surface area contributed by atoms with Crippen LogP contribution in [0.1, 0.15) is 56.6 Å². The molecule has 2 unspecified atom stereocenters. The maximum absolute atomic E-state index is 12.9. The van der Waals surface area contributed by atoms with E-state index in [9.17, 15) is 9.59 Å². The first-order chi connectivity index (χ1) is 25.9. The Hall–Kier alpha value is -5.18. The maximum Gasteiger partial charge on any atom is 0.338 e. The lowest BCUT2D eigenvalue weighted by atomic mass is 9.91. The van der Waals surface area contributed by atoms with Gasteiger partial charge in [-0.05, 0) is 112 Å². The van der Waals surface area contributed by atoms with E-state index in [4.69, 9.17) is 28.4 Å². The number of carbonyl (C=O) groups is 2. The molecule has 0 aromatic heterocycles. The molecule has 2 fully saturated rings. The highest BCUT2D eigenvalue weighted by Gasteiger charge is 2.37. The zero-order valence-electron chi connectivity index (χ0n) is 30.5. The molecule has 6 aromatic carbocycles. The number of ether oxygens (including phenoxy) is 6. The summed E-state index contributed by atoms with van der Waals surface area (Å²) in [6.07, 6.45) is 4.13.